The van der Waals surface area contributed by atoms with Crippen LogP contribution in [0.25, 0.3) is 0 Å². The summed E-state index contributed by atoms with van der Waals surface area (Å²) in [5.74, 6) is -1.28. The fourth-order valence-corrected chi connectivity index (χ4v) is 1.20. The number of nitrogens with two attached hydrogens (primary N) is 1. The average molecular weight is 232 g/mol. The van der Waals surface area contributed by atoms with Gasteiger partial charge in [-0.1, -0.05) is 13.3 Å². The first-order valence-corrected chi connectivity index (χ1v) is 5.38. The van der Waals surface area contributed by atoms with Gasteiger partial charge in [0.25, 0.3) is 0 Å². The van der Waals surface area contributed by atoms with Gasteiger partial charge in [0.2, 0.25) is 5.91 Å². The molecule has 2 atom stereocenters. The summed E-state index contributed by atoms with van der Waals surface area (Å²) in [7, 11) is 0. The first-order valence-electron chi connectivity index (χ1n) is 5.38. The number of carbonyl (C=O) groups is 2. The Labute approximate surface area is 94.8 Å². The highest BCUT2D eigenvalue weighted by molar-refractivity contribution is 5.76. The minimum Gasteiger partial charge on any atom is -0.479 e. The van der Waals surface area contributed by atoms with Crippen molar-refractivity contribution in [2.24, 2.45) is 11.7 Å². The second-order valence-corrected chi connectivity index (χ2v) is 3.71. The van der Waals surface area contributed by atoms with Crippen molar-refractivity contribution in [3.8, 4) is 0 Å². The van der Waals surface area contributed by atoms with Crippen molar-refractivity contribution in [1.82, 2.24) is 5.32 Å². The highest BCUT2D eigenvalue weighted by Crippen LogP contribution is 2.05. The summed E-state index contributed by atoms with van der Waals surface area (Å²) in [5.41, 5.74) is 5.45. The summed E-state index contributed by atoms with van der Waals surface area (Å²) in [5, 5.41) is 19.9. The van der Waals surface area contributed by atoms with E-state index in [9.17, 15) is 9.59 Å². The predicted octanol–water partition coefficient (Wildman–Crippen LogP) is -0.687. The molecule has 6 heteroatoms. The number of carboxylic acids is 1. The number of aliphatic carboxylic acids is 1. The Kier molecular flexibility index (Phi) is 7.49. The zero-order valence-electron chi connectivity index (χ0n) is 9.48. The monoisotopic (exact) mass is 232 g/mol. The van der Waals surface area contributed by atoms with Crippen LogP contribution in [-0.4, -0.2) is 41.3 Å². The molecule has 0 aromatic carbocycles. The molecule has 5 N–H and O–H groups in total. The molecule has 0 rings (SSSR count). The first-order chi connectivity index (χ1) is 7.51. The highest BCUT2D eigenvalue weighted by atomic mass is 16.4. The van der Waals surface area contributed by atoms with Crippen molar-refractivity contribution in [1.29, 1.82) is 0 Å². The quantitative estimate of drug-likeness (QED) is 0.442. The van der Waals surface area contributed by atoms with Crippen molar-refractivity contribution in [2.45, 2.75) is 32.3 Å². The van der Waals surface area contributed by atoms with Crippen LogP contribution < -0.4 is 11.1 Å². The number of nitrogens with one attached hydrogen (secondary N) is 1. The minimum absolute atomic E-state index is 0.0144. The number of carbonyl (C=O) groups excluding carboxylic acids is 1. The van der Waals surface area contributed by atoms with Crippen LogP contribution in [0.3, 0.4) is 0 Å². The van der Waals surface area contributed by atoms with Crippen molar-refractivity contribution in [2.75, 3.05) is 13.1 Å². The molecule has 0 aliphatic carbocycles. The van der Waals surface area contributed by atoms with E-state index in [1.165, 1.54) is 0 Å². The van der Waals surface area contributed by atoms with Gasteiger partial charge in [-0.05, 0) is 12.5 Å². The van der Waals surface area contributed by atoms with Crippen molar-refractivity contribution < 1.29 is 19.8 Å². The number of carboxylic acid groups (broad SMARTS) is 1. The maximum absolute atomic E-state index is 11.3. The van der Waals surface area contributed by atoms with Gasteiger partial charge >= 0.3 is 5.97 Å². The molecular formula is C10H20N2O4. The SMILES string of the molecule is CCC(CN)CC(=O)NCCC(O)C(=O)O. The van der Waals surface area contributed by atoms with E-state index >= 15 is 0 Å². The largest absolute Gasteiger partial charge is 0.479 e. The smallest absolute Gasteiger partial charge is 0.332 e. The van der Waals surface area contributed by atoms with Crippen LogP contribution in [0.15, 0.2) is 0 Å². The van der Waals surface area contributed by atoms with Gasteiger partial charge in [-0.2, -0.15) is 0 Å². The summed E-state index contributed by atoms with van der Waals surface area (Å²) in [6.45, 7) is 2.58. The topological polar surface area (TPSA) is 113 Å². The van der Waals surface area contributed by atoms with E-state index in [0.29, 0.717) is 13.0 Å². The van der Waals surface area contributed by atoms with Crippen LogP contribution >= 0.6 is 0 Å². The fourth-order valence-electron chi connectivity index (χ4n) is 1.20. The Bertz CT molecular complexity index is 229. The molecule has 0 aromatic rings. The summed E-state index contributed by atoms with van der Waals surface area (Å²) in [4.78, 5) is 21.6. The lowest BCUT2D eigenvalue weighted by molar-refractivity contribution is -0.147. The summed E-state index contributed by atoms with van der Waals surface area (Å²) in [6.07, 6.45) is -0.227. The lowest BCUT2D eigenvalue weighted by Gasteiger charge is -2.12. The Balaban J connectivity index is 3.69. The number of hydrogen-bond donors (Lipinski definition) is 4. The van der Waals surface area contributed by atoms with Crippen molar-refractivity contribution in [3.05, 3.63) is 0 Å². The maximum atomic E-state index is 11.3. The Morgan fingerprint density at radius 2 is 2.06 bits per heavy atom. The molecule has 1 amide bonds. The zero-order valence-corrected chi connectivity index (χ0v) is 9.48. The number of aliphatic hydroxyl groups excluding tert-OH is 1. The number of amides is 1. The van der Waals surface area contributed by atoms with Crippen molar-refractivity contribution >= 4 is 11.9 Å². The molecule has 16 heavy (non-hydrogen) atoms. The van der Waals surface area contributed by atoms with E-state index < -0.39 is 12.1 Å². The van der Waals surface area contributed by atoms with Gasteiger partial charge in [0.05, 0.1) is 0 Å². The normalized spacial score (nSPS) is 14.2. The van der Waals surface area contributed by atoms with Crippen molar-refractivity contribution in [3.63, 3.8) is 0 Å². The lowest BCUT2D eigenvalue weighted by atomic mass is 10.0. The van der Waals surface area contributed by atoms with Crippen LogP contribution in [0.4, 0.5) is 0 Å². The van der Waals surface area contributed by atoms with Gasteiger partial charge < -0.3 is 21.3 Å². The van der Waals surface area contributed by atoms with E-state index in [2.05, 4.69) is 5.32 Å². The Hall–Kier alpha value is -1.14. The molecule has 0 bridgehead atoms. The van der Waals surface area contributed by atoms with Crippen LogP contribution in [-0.2, 0) is 9.59 Å². The van der Waals surface area contributed by atoms with E-state index in [1.54, 1.807) is 0 Å². The van der Waals surface area contributed by atoms with E-state index in [1.807, 2.05) is 6.92 Å². The molecule has 2 unspecified atom stereocenters. The minimum atomic E-state index is -1.42. The van der Waals surface area contributed by atoms with E-state index in [-0.39, 0.29) is 24.8 Å². The predicted molar refractivity (Wildman–Crippen MR) is 58.7 cm³/mol. The number of rotatable bonds is 8. The third-order valence-corrected chi connectivity index (χ3v) is 2.41. The van der Waals surface area contributed by atoms with Gasteiger partial charge in [0, 0.05) is 19.4 Å². The summed E-state index contributed by atoms with van der Waals surface area (Å²) in [6, 6.07) is 0. The van der Waals surface area contributed by atoms with Crippen LogP contribution in [0, 0.1) is 5.92 Å². The molecule has 0 radical (unpaired) electrons. The average Bonchev–Trinajstić information content (AvgIpc) is 2.25. The second-order valence-electron chi connectivity index (χ2n) is 3.71. The second kappa shape index (κ2) is 8.06. The first kappa shape index (κ1) is 14.9. The molecule has 94 valence electrons. The summed E-state index contributed by atoms with van der Waals surface area (Å²) >= 11 is 0. The Morgan fingerprint density at radius 3 is 2.50 bits per heavy atom. The van der Waals surface area contributed by atoms with Crippen LogP contribution in [0.1, 0.15) is 26.2 Å². The molecular weight excluding hydrogens is 212 g/mol. The zero-order chi connectivity index (χ0) is 12.6. The molecule has 0 spiro atoms. The molecule has 0 heterocycles. The van der Waals surface area contributed by atoms with Gasteiger partial charge in [0.15, 0.2) is 6.10 Å². The number of hydrogen-bond acceptors (Lipinski definition) is 4. The molecule has 0 fully saturated rings. The maximum Gasteiger partial charge on any atom is 0.332 e. The standard InChI is InChI=1S/C10H20N2O4/c1-2-7(6-11)5-9(14)12-4-3-8(13)10(15)16/h7-8,13H,2-6,11H2,1H3,(H,12,14)(H,15,16). The van der Waals surface area contributed by atoms with Crippen LogP contribution in [0.5, 0.6) is 0 Å². The van der Waals surface area contributed by atoms with Gasteiger partial charge in [0.1, 0.15) is 0 Å². The third kappa shape index (κ3) is 6.36. The lowest BCUT2D eigenvalue weighted by Crippen LogP contribution is -2.32. The molecule has 0 aliphatic rings. The van der Waals surface area contributed by atoms with Gasteiger partial charge in [-0.3, -0.25) is 4.79 Å². The molecule has 0 saturated heterocycles. The molecule has 6 nitrogen and oxygen atoms in total. The molecule has 0 saturated carbocycles. The van der Waals surface area contributed by atoms with Gasteiger partial charge in [-0.15, -0.1) is 0 Å². The molecule has 0 aliphatic heterocycles. The third-order valence-electron chi connectivity index (χ3n) is 2.41. The summed E-state index contributed by atoms with van der Waals surface area (Å²) < 4.78 is 0. The fraction of sp³-hybridized carbons (Fsp3) is 0.800. The molecule has 0 aromatic heterocycles. The van der Waals surface area contributed by atoms with Gasteiger partial charge in [-0.25, -0.2) is 4.79 Å². The van der Waals surface area contributed by atoms with E-state index in [0.717, 1.165) is 6.42 Å². The van der Waals surface area contributed by atoms with E-state index in [4.69, 9.17) is 15.9 Å². The highest BCUT2D eigenvalue weighted by Gasteiger charge is 2.14. The Morgan fingerprint density at radius 1 is 1.44 bits per heavy atom. The van der Waals surface area contributed by atoms with Crippen LogP contribution in [0.2, 0.25) is 0 Å². The number of aliphatic hydroxyl groups is 1.